The van der Waals surface area contributed by atoms with E-state index in [1.54, 1.807) is 12.1 Å². The molecule has 0 bridgehead atoms. The number of benzene rings is 2. The average molecular weight is 371 g/mol. The maximum absolute atomic E-state index is 14.5. The predicted molar refractivity (Wildman–Crippen MR) is 101 cm³/mol. The molecule has 0 saturated carbocycles. The molecule has 0 amide bonds. The quantitative estimate of drug-likeness (QED) is 0.524. The van der Waals surface area contributed by atoms with Crippen LogP contribution in [0, 0.1) is 32.4 Å². The lowest BCUT2D eigenvalue weighted by Gasteiger charge is -2.15. The van der Waals surface area contributed by atoms with E-state index in [2.05, 4.69) is 16.5 Å². The maximum atomic E-state index is 14.5. The van der Waals surface area contributed by atoms with Crippen LogP contribution in [0.3, 0.4) is 0 Å². The summed E-state index contributed by atoms with van der Waals surface area (Å²) in [6.07, 6.45) is 0. The van der Waals surface area contributed by atoms with Crippen LogP contribution in [0.25, 0.3) is 5.69 Å². The highest BCUT2D eigenvalue weighted by atomic mass is 35.5. The molecular weight excluding hydrogens is 354 g/mol. The molecule has 0 unspecified atom stereocenters. The Morgan fingerprint density at radius 3 is 2.38 bits per heavy atom. The summed E-state index contributed by atoms with van der Waals surface area (Å²) in [5, 5.41) is 0.495. The molecule has 1 aliphatic rings. The molecule has 0 atom stereocenters. The van der Waals surface area contributed by atoms with Crippen molar-refractivity contribution in [3.8, 4) is 5.69 Å². The average Bonchev–Trinajstić information content (AvgIpc) is 2.74. The first-order valence-electron chi connectivity index (χ1n) is 8.36. The fourth-order valence-electron chi connectivity index (χ4n) is 3.61. The first-order chi connectivity index (χ1) is 12.4. The van der Waals surface area contributed by atoms with Gasteiger partial charge in [0.05, 0.1) is 23.5 Å². The molecule has 26 heavy (non-hydrogen) atoms. The topological polar surface area (TPSA) is 17.3 Å². The third-order valence-electron chi connectivity index (χ3n) is 5.18. The van der Waals surface area contributed by atoms with Gasteiger partial charge >= 0.3 is 0 Å². The minimum Gasteiger partial charge on any atom is -0.315 e. The molecule has 0 aliphatic carbocycles. The summed E-state index contributed by atoms with van der Waals surface area (Å²) in [7, 11) is 0. The number of nitrogens with zero attached hydrogens (tertiary/aromatic N) is 2. The Morgan fingerprint density at radius 2 is 1.69 bits per heavy atom. The lowest BCUT2D eigenvalue weighted by Crippen LogP contribution is -2.11. The van der Waals surface area contributed by atoms with Crippen molar-refractivity contribution in [2.24, 2.45) is 4.99 Å². The normalized spacial score (nSPS) is 13.1. The van der Waals surface area contributed by atoms with Crippen LogP contribution < -0.4 is 0 Å². The van der Waals surface area contributed by atoms with E-state index in [1.807, 2.05) is 19.9 Å². The Morgan fingerprint density at radius 1 is 1.00 bits per heavy atom. The monoisotopic (exact) mass is 370 g/mol. The first-order valence-corrected chi connectivity index (χ1v) is 8.74. The molecule has 0 radical (unpaired) electrons. The van der Waals surface area contributed by atoms with E-state index in [0.29, 0.717) is 22.8 Å². The number of hydrogen-bond acceptors (Lipinski definition) is 1. The molecule has 1 aliphatic heterocycles. The highest BCUT2D eigenvalue weighted by molar-refractivity contribution is 6.31. The van der Waals surface area contributed by atoms with Crippen LogP contribution >= 0.6 is 11.6 Å². The maximum Gasteiger partial charge on any atom is 0.135 e. The second-order valence-electron chi connectivity index (χ2n) is 6.54. The third-order valence-corrected chi connectivity index (χ3v) is 5.42. The Bertz CT molecular complexity index is 1060. The largest absolute Gasteiger partial charge is 0.315 e. The summed E-state index contributed by atoms with van der Waals surface area (Å²) < 4.78 is 31.1. The third kappa shape index (κ3) is 2.40. The number of fused-ring (bicyclic) bond motifs is 3. The molecule has 2 heterocycles. The van der Waals surface area contributed by atoms with Crippen LogP contribution in [0.1, 0.15) is 33.6 Å². The van der Waals surface area contributed by atoms with Crippen molar-refractivity contribution >= 4 is 17.3 Å². The molecule has 2 nitrogen and oxygen atoms in total. The molecule has 0 saturated heterocycles. The van der Waals surface area contributed by atoms with Gasteiger partial charge < -0.3 is 4.57 Å². The zero-order valence-corrected chi connectivity index (χ0v) is 15.5. The van der Waals surface area contributed by atoms with Gasteiger partial charge in [0.25, 0.3) is 0 Å². The Kier molecular flexibility index (Phi) is 3.96. The van der Waals surface area contributed by atoms with Crippen LogP contribution in [-0.2, 0) is 6.54 Å². The lowest BCUT2D eigenvalue weighted by molar-refractivity contribution is 0.579. The van der Waals surface area contributed by atoms with Gasteiger partial charge in [-0.25, -0.2) is 8.78 Å². The summed E-state index contributed by atoms with van der Waals surface area (Å²) in [6.45, 7) is 6.51. The highest BCUT2D eigenvalue weighted by Gasteiger charge is 2.26. The Labute approximate surface area is 155 Å². The van der Waals surface area contributed by atoms with Gasteiger partial charge in [0, 0.05) is 22.0 Å². The fraction of sp³-hybridized carbons (Fsp3) is 0.190. The van der Waals surface area contributed by atoms with Crippen LogP contribution in [0.5, 0.6) is 0 Å². The van der Waals surface area contributed by atoms with Crippen LogP contribution in [0.2, 0.25) is 5.02 Å². The molecule has 0 fully saturated rings. The zero-order valence-electron chi connectivity index (χ0n) is 14.7. The number of aromatic nitrogens is 1. The van der Waals surface area contributed by atoms with E-state index in [0.717, 1.165) is 22.6 Å². The van der Waals surface area contributed by atoms with Gasteiger partial charge in [0.2, 0.25) is 0 Å². The van der Waals surface area contributed by atoms with E-state index in [9.17, 15) is 8.78 Å². The van der Waals surface area contributed by atoms with Crippen molar-refractivity contribution in [2.75, 3.05) is 0 Å². The van der Waals surface area contributed by atoms with Gasteiger partial charge in [-0.05, 0) is 62.2 Å². The molecular formula is C21H17ClF2N2. The van der Waals surface area contributed by atoms with Crippen molar-refractivity contribution in [3.05, 3.63) is 86.7 Å². The zero-order chi connectivity index (χ0) is 18.6. The van der Waals surface area contributed by atoms with E-state index in [-0.39, 0.29) is 5.56 Å². The summed E-state index contributed by atoms with van der Waals surface area (Å²) in [6, 6.07) is 9.24. The predicted octanol–water partition coefficient (Wildman–Crippen LogP) is 5.69. The molecule has 2 aromatic carbocycles. The SMILES string of the molecule is Cc1c(C)c2n(c1C)-c1ccc(Cl)cc1C(c1c(F)cccc1F)=NC2. The fourth-order valence-corrected chi connectivity index (χ4v) is 3.78. The van der Waals surface area contributed by atoms with Crippen molar-refractivity contribution in [1.29, 1.82) is 0 Å². The second-order valence-corrected chi connectivity index (χ2v) is 6.98. The van der Waals surface area contributed by atoms with Crippen molar-refractivity contribution in [1.82, 2.24) is 4.57 Å². The summed E-state index contributed by atoms with van der Waals surface area (Å²) in [5.74, 6) is -1.27. The van der Waals surface area contributed by atoms with E-state index >= 15 is 0 Å². The molecule has 0 N–H and O–H groups in total. The molecule has 1 aromatic heterocycles. The molecule has 5 heteroatoms. The van der Waals surface area contributed by atoms with E-state index in [4.69, 9.17) is 11.6 Å². The van der Waals surface area contributed by atoms with Crippen molar-refractivity contribution in [2.45, 2.75) is 27.3 Å². The summed E-state index contributed by atoms with van der Waals surface area (Å²) in [5.41, 5.74) is 6.07. The molecule has 3 aromatic rings. The number of halogens is 3. The highest BCUT2D eigenvalue weighted by Crippen LogP contribution is 2.34. The van der Waals surface area contributed by atoms with Gasteiger partial charge in [0.1, 0.15) is 11.6 Å². The number of rotatable bonds is 1. The minimum atomic E-state index is -0.633. The molecule has 4 rings (SSSR count). The summed E-state index contributed by atoms with van der Waals surface area (Å²) >= 11 is 6.21. The summed E-state index contributed by atoms with van der Waals surface area (Å²) in [4.78, 5) is 4.61. The number of aliphatic imine (C=N–C) groups is 1. The standard InChI is InChI=1S/C21H17ClF2N2/c1-11-12(2)19-10-25-21(20-16(23)5-4-6-17(20)24)15-9-14(22)7-8-18(15)26(19)13(11)3/h4-9H,10H2,1-3H3. The lowest BCUT2D eigenvalue weighted by atomic mass is 9.99. The van der Waals surface area contributed by atoms with Gasteiger partial charge in [-0.2, -0.15) is 0 Å². The van der Waals surface area contributed by atoms with Crippen LogP contribution in [-0.4, -0.2) is 10.3 Å². The first kappa shape index (κ1) is 17.0. The molecule has 132 valence electrons. The van der Waals surface area contributed by atoms with E-state index < -0.39 is 11.6 Å². The Hall–Kier alpha value is -2.46. The van der Waals surface area contributed by atoms with Crippen LogP contribution in [0.15, 0.2) is 41.4 Å². The molecule has 0 spiro atoms. The Balaban J connectivity index is 2.08. The van der Waals surface area contributed by atoms with Crippen molar-refractivity contribution < 1.29 is 8.78 Å². The smallest absolute Gasteiger partial charge is 0.135 e. The van der Waals surface area contributed by atoms with Gasteiger partial charge in [-0.15, -0.1) is 0 Å². The van der Waals surface area contributed by atoms with Gasteiger partial charge in [-0.3, -0.25) is 4.99 Å². The second kappa shape index (κ2) is 6.06. The van der Waals surface area contributed by atoms with Gasteiger partial charge in [0.15, 0.2) is 0 Å². The van der Waals surface area contributed by atoms with Crippen LogP contribution in [0.4, 0.5) is 8.78 Å². The van der Waals surface area contributed by atoms with Crippen molar-refractivity contribution in [3.63, 3.8) is 0 Å². The number of hydrogen-bond donors (Lipinski definition) is 0. The van der Waals surface area contributed by atoms with Gasteiger partial charge in [-0.1, -0.05) is 17.7 Å². The minimum absolute atomic E-state index is 0.117. The van der Waals surface area contributed by atoms with E-state index in [1.165, 1.54) is 23.8 Å².